The van der Waals surface area contributed by atoms with E-state index in [2.05, 4.69) is 10.6 Å². The average molecular weight is 244 g/mol. The largest absolute Gasteiger partial charge is 0.373 e. The molecule has 0 aromatic heterocycles. The molecule has 0 fully saturated rings. The second kappa shape index (κ2) is 7.48. The van der Waals surface area contributed by atoms with Crippen molar-refractivity contribution in [2.75, 3.05) is 14.1 Å². The fourth-order valence-electron chi connectivity index (χ4n) is 0.162. The van der Waals surface area contributed by atoms with E-state index in [1.807, 2.05) is 0 Å². The normalized spacial score (nSPS) is 8.91. The molecule has 0 atom stereocenters. The van der Waals surface area contributed by atoms with Gasteiger partial charge in [0.05, 0.1) is 0 Å². The van der Waals surface area contributed by atoms with Gasteiger partial charge in [-0.3, -0.25) is 0 Å². The van der Waals surface area contributed by atoms with E-state index in [9.17, 15) is 0 Å². The quantitative estimate of drug-likeness (QED) is 0.566. The molecule has 0 rings (SSSR count). The zero-order valence-electron chi connectivity index (χ0n) is 6.04. The van der Waals surface area contributed by atoms with Gasteiger partial charge in [-0.25, -0.2) is 0 Å². The molecule has 0 saturated carbocycles. The highest BCUT2D eigenvalue weighted by Crippen LogP contribution is 2.35. The van der Waals surface area contributed by atoms with E-state index in [0.29, 0.717) is 0 Å². The first-order chi connectivity index (χ1) is 5.20. The molecule has 11 heavy (non-hydrogen) atoms. The molecule has 0 aliphatic carbocycles. The third-order valence-corrected chi connectivity index (χ3v) is 5.65. The Kier molecular flexibility index (Phi) is 8.04. The van der Waals surface area contributed by atoms with E-state index in [-0.39, 0.29) is 0 Å². The maximum Gasteiger partial charge on any atom is 0.145 e. The molecule has 0 aliphatic rings. The highest BCUT2D eigenvalue weighted by atomic mass is 33.5. The molecular formula is C4H8N2S5. The van der Waals surface area contributed by atoms with Crippen molar-refractivity contribution < 1.29 is 0 Å². The Morgan fingerprint density at radius 2 is 1.36 bits per heavy atom. The lowest BCUT2D eigenvalue weighted by molar-refractivity contribution is 1.23. The van der Waals surface area contributed by atoms with E-state index in [4.69, 9.17) is 24.4 Å². The number of thiocarbonyl (C=S) groups is 2. The predicted molar refractivity (Wildman–Crippen MR) is 66.1 cm³/mol. The van der Waals surface area contributed by atoms with Gasteiger partial charge in [0.15, 0.2) is 0 Å². The minimum absolute atomic E-state index is 0.765. The molecule has 64 valence electrons. The van der Waals surface area contributed by atoms with Gasteiger partial charge in [0.2, 0.25) is 0 Å². The van der Waals surface area contributed by atoms with E-state index in [1.165, 1.54) is 21.6 Å². The first kappa shape index (κ1) is 11.8. The smallest absolute Gasteiger partial charge is 0.145 e. The summed E-state index contributed by atoms with van der Waals surface area (Å²) >= 11 is 9.79. The van der Waals surface area contributed by atoms with Crippen LogP contribution in [0.25, 0.3) is 0 Å². The van der Waals surface area contributed by atoms with Gasteiger partial charge in [0.25, 0.3) is 0 Å². The van der Waals surface area contributed by atoms with Crippen LogP contribution >= 0.6 is 55.8 Å². The van der Waals surface area contributed by atoms with Crippen LogP contribution in [0.4, 0.5) is 0 Å². The predicted octanol–water partition coefficient (Wildman–Crippen LogP) is 2.02. The summed E-state index contributed by atoms with van der Waals surface area (Å²) in [6.07, 6.45) is 0. The lowest BCUT2D eigenvalue weighted by Gasteiger charge is -2.00. The number of hydrogen-bond acceptors (Lipinski definition) is 5. The summed E-state index contributed by atoms with van der Waals surface area (Å²) in [5, 5.41) is 5.71. The van der Waals surface area contributed by atoms with Crippen LogP contribution in [0.3, 0.4) is 0 Å². The van der Waals surface area contributed by atoms with Crippen molar-refractivity contribution in [1.82, 2.24) is 10.6 Å². The lowest BCUT2D eigenvalue weighted by atomic mass is 11.2. The standard InChI is InChI=1S/C4H8N2S5/c1-5-3(7)9-11-10-4(8)6-2/h1-2H3,(H,5,7)(H,6,8). The molecule has 0 aromatic carbocycles. The summed E-state index contributed by atoms with van der Waals surface area (Å²) in [5.41, 5.74) is 0. The summed E-state index contributed by atoms with van der Waals surface area (Å²) in [5.74, 6) is 0. The molecule has 2 N–H and O–H groups in total. The molecule has 0 aliphatic heterocycles. The highest BCUT2D eigenvalue weighted by Gasteiger charge is 1.97. The second-order valence-corrected chi connectivity index (χ2v) is 6.56. The van der Waals surface area contributed by atoms with E-state index >= 15 is 0 Å². The van der Waals surface area contributed by atoms with Crippen LogP contribution in [0.15, 0.2) is 0 Å². The number of nitrogens with one attached hydrogen (secondary N) is 2. The highest BCUT2D eigenvalue weighted by molar-refractivity contribution is 9.15. The molecule has 0 aromatic rings. The third-order valence-electron chi connectivity index (χ3n) is 0.628. The summed E-state index contributed by atoms with van der Waals surface area (Å²) in [7, 11) is 8.13. The monoisotopic (exact) mass is 244 g/mol. The molecule has 0 saturated heterocycles. The molecule has 0 amide bonds. The summed E-state index contributed by atoms with van der Waals surface area (Å²) in [6.45, 7) is 0. The lowest BCUT2D eigenvalue weighted by Crippen LogP contribution is -2.10. The fraction of sp³-hybridized carbons (Fsp3) is 0.500. The SMILES string of the molecule is CNC(=S)SSSC(=S)NC. The minimum Gasteiger partial charge on any atom is -0.373 e. The van der Waals surface area contributed by atoms with Crippen LogP contribution in [0.2, 0.25) is 0 Å². The van der Waals surface area contributed by atoms with Gasteiger partial charge >= 0.3 is 0 Å². The molecule has 0 heterocycles. The topological polar surface area (TPSA) is 24.1 Å². The van der Waals surface area contributed by atoms with Gasteiger partial charge in [-0.15, -0.1) is 0 Å². The van der Waals surface area contributed by atoms with Gasteiger partial charge in [-0.1, -0.05) is 24.4 Å². The van der Waals surface area contributed by atoms with E-state index < -0.39 is 0 Å². The Labute approximate surface area is 88.8 Å². The fourth-order valence-corrected chi connectivity index (χ4v) is 4.38. The van der Waals surface area contributed by atoms with Crippen molar-refractivity contribution in [1.29, 1.82) is 0 Å². The summed E-state index contributed by atoms with van der Waals surface area (Å²) in [4.78, 5) is 0. The first-order valence-corrected chi connectivity index (χ1v) is 6.95. The van der Waals surface area contributed by atoms with Crippen LogP contribution in [0.5, 0.6) is 0 Å². The van der Waals surface area contributed by atoms with Crippen molar-refractivity contribution >= 4 is 64.5 Å². The van der Waals surface area contributed by atoms with Crippen LogP contribution in [-0.2, 0) is 0 Å². The van der Waals surface area contributed by atoms with Crippen molar-refractivity contribution in [3.8, 4) is 0 Å². The molecule has 0 unspecified atom stereocenters. The average Bonchev–Trinajstić information content (AvgIpc) is 2.04. The minimum atomic E-state index is 0.765. The maximum atomic E-state index is 4.90. The maximum absolute atomic E-state index is 4.90. The van der Waals surface area contributed by atoms with E-state index in [1.54, 1.807) is 23.9 Å². The van der Waals surface area contributed by atoms with Gasteiger partial charge in [-0.05, 0) is 31.4 Å². The molecule has 0 bridgehead atoms. The first-order valence-electron chi connectivity index (χ1n) is 2.65. The second-order valence-electron chi connectivity index (χ2n) is 1.31. The van der Waals surface area contributed by atoms with Gasteiger partial charge in [0.1, 0.15) is 8.64 Å². The van der Waals surface area contributed by atoms with Crippen molar-refractivity contribution in [3.63, 3.8) is 0 Å². The Bertz CT molecular complexity index is 131. The van der Waals surface area contributed by atoms with Crippen LogP contribution < -0.4 is 10.6 Å². The zero-order chi connectivity index (χ0) is 8.69. The molecule has 7 heteroatoms. The van der Waals surface area contributed by atoms with Gasteiger partial charge in [0, 0.05) is 14.1 Å². The van der Waals surface area contributed by atoms with Crippen LogP contribution in [-0.4, -0.2) is 22.7 Å². The Hall–Kier alpha value is 0.830. The number of hydrogen-bond donors (Lipinski definition) is 2. The molecule has 2 nitrogen and oxygen atoms in total. The summed E-state index contributed by atoms with van der Waals surface area (Å²) < 4.78 is 1.53. The van der Waals surface area contributed by atoms with Crippen LogP contribution in [0.1, 0.15) is 0 Å². The molecule has 0 radical (unpaired) electrons. The van der Waals surface area contributed by atoms with Crippen molar-refractivity contribution in [3.05, 3.63) is 0 Å². The van der Waals surface area contributed by atoms with Crippen molar-refractivity contribution in [2.24, 2.45) is 0 Å². The third kappa shape index (κ3) is 7.20. The van der Waals surface area contributed by atoms with E-state index in [0.717, 1.165) is 8.64 Å². The van der Waals surface area contributed by atoms with Gasteiger partial charge in [-0.2, -0.15) is 0 Å². The Balaban J connectivity index is 3.27. The summed E-state index contributed by atoms with van der Waals surface area (Å²) in [6, 6.07) is 0. The van der Waals surface area contributed by atoms with Crippen LogP contribution in [0, 0.1) is 0 Å². The Morgan fingerprint density at radius 1 is 1.00 bits per heavy atom. The zero-order valence-corrected chi connectivity index (χ0v) is 10.1. The van der Waals surface area contributed by atoms with Gasteiger partial charge < -0.3 is 10.6 Å². The molecule has 0 spiro atoms. The number of rotatable bonds is 2. The van der Waals surface area contributed by atoms with Crippen molar-refractivity contribution in [2.45, 2.75) is 0 Å². The molecular weight excluding hydrogens is 236 g/mol. The Morgan fingerprint density at radius 3 is 1.64 bits per heavy atom.